The number of hydrogen-bond acceptors (Lipinski definition) is 3. The van der Waals surface area contributed by atoms with Crippen molar-refractivity contribution in [2.75, 3.05) is 13.2 Å². The number of amides is 1. The van der Waals surface area contributed by atoms with Gasteiger partial charge in [0.1, 0.15) is 11.6 Å². The van der Waals surface area contributed by atoms with Gasteiger partial charge in [-0.25, -0.2) is 4.39 Å². The summed E-state index contributed by atoms with van der Waals surface area (Å²) in [6, 6.07) is 3.72. The van der Waals surface area contributed by atoms with Crippen molar-refractivity contribution in [2.45, 2.75) is 19.9 Å². The summed E-state index contributed by atoms with van der Waals surface area (Å²) in [4.78, 5) is 11.6. The minimum atomic E-state index is -0.538. The second-order valence-corrected chi connectivity index (χ2v) is 4.79. The van der Waals surface area contributed by atoms with Gasteiger partial charge in [-0.15, -0.1) is 0 Å². The summed E-state index contributed by atoms with van der Waals surface area (Å²) >= 11 is 5.59. The summed E-state index contributed by atoms with van der Waals surface area (Å²) in [7, 11) is 0. The Hall–Kier alpha value is -1.33. The van der Waals surface area contributed by atoms with Gasteiger partial charge in [-0.2, -0.15) is 0 Å². The molecule has 0 heterocycles. The maximum Gasteiger partial charge on any atom is 0.258 e. The lowest BCUT2D eigenvalue weighted by Gasteiger charge is -2.19. The molecule has 0 spiro atoms. The second-order valence-electron chi connectivity index (χ2n) is 4.38. The fourth-order valence-corrected chi connectivity index (χ4v) is 1.48. The Morgan fingerprint density at radius 1 is 1.53 bits per heavy atom. The van der Waals surface area contributed by atoms with E-state index < -0.39 is 5.82 Å². The molecule has 0 aliphatic carbocycles. The van der Waals surface area contributed by atoms with Crippen molar-refractivity contribution in [1.82, 2.24) is 5.32 Å². The van der Waals surface area contributed by atoms with Crippen LogP contribution in [0.1, 0.15) is 13.8 Å². The van der Waals surface area contributed by atoms with E-state index in [4.69, 9.17) is 21.4 Å². The predicted octanol–water partition coefficient (Wildman–Crippen LogP) is 1.99. The van der Waals surface area contributed by atoms with E-state index >= 15 is 0 Å². The maximum atomic E-state index is 12.9. The number of aliphatic hydroxyl groups is 1. The first kappa shape index (κ1) is 15.7. The van der Waals surface area contributed by atoms with Gasteiger partial charge in [0.15, 0.2) is 6.61 Å². The number of carbonyl (C=O) groups excluding carboxylic acids is 1. The van der Waals surface area contributed by atoms with Crippen LogP contribution in [0, 0.1) is 11.7 Å². The number of rotatable bonds is 6. The molecule has 1 amide bonds. The zero-order chi connectivity index (χ0) is 14.4. The molecule has 0 bridgehead atoms. The third-order valence-corrected chi connectivity index (χ3v) is 3.08. The van der Waals surface area contributed by atoms with Crippen molar-refractivity contribution in [3.63, 3.8) is 0 Å². The predicted molar refractivity (Wildman–Crippen MR) is 70.8 cm³/mol. The largest absolute Gasteiger partial charge is 0.484 e. The monoisotopic (exact) mass is 289 g/mol. The first-order valence-electron chi connectivity index (χ1n) is 5.92. The molecule has 19 heavy (non-hydrogen) atoms. The van der Waals surface area contributed by atoms with Gasteiger partial charge >= 0.3 is 0 Å². The summed E-state index contributed by atoms with van der Waals surface area (Å²) in [6.07, 6.45) is 0. The van der Waals surface area contributed by atoms with Crippen LogP contribution in [-0.2, 0) is 4.79 Å². The normalized spacial score (nSPS) is 13.7. The van der Waals surface area contributed by atoms with Crippen LogP contribution < -0.4 is 10.1 Å². The van der Waals surface area contributed by atoms with Gasteiger partial charge in [0.25, 0.3) is 5.91 Å². The highest BCUT2D eigenvalue weighted by Crippen LogP contribution is 2.20. The summed E-state index contributed by atoms with van der Waals surface area (Å²) in [5.41, 5.74) is 0. The number of benzene rings is 1. The van der Waals surface area contributed by atoms with Crippen LogP contribution in [0.3, 0.4) is 0 Å². The molecule has 106 valence electrons. The molecule has 0 fully saturated rings. The summed E-state index contributed by atoms with van der Waals surface area (Å²) in [6.45, 7) is 3.43. The van der Waals surface area contributed by atoms with Crippen LogP contribution in [0.25, 0.3) is 0 Å². The lowest BCUT2D eigenvalue weighted by Crippen LogP contribution is -2.40. The highest BCUT2D eigenvalue weighted by molar-refractivity contribution is 6.30. The molecule has 0 aliphatic rings. The van der Waals surface area contributed by atoms with Crippen molar-refractivity contribution < 1.29 is 19.0 Å². The first-order chi connectivity index (χ1) is 8.93. The minimum Gasteiger partial charge on any atom is -0.484 e. The molecule has 1 rings (SSSR count). The van der Waals surface area contributed by atoms with Gasteiger partial charge in [-0.3, -0.25) is 4.79 Å². The van der Waals surface area contributed by atoms with Crippen LogP contribution >= 0.6 is 11.6 Å². The topological polar surface area (TPSA) is 58.6 Å². The molecule has 2 atom stereocenters. The third kappa shape index (κ3) is 5.04. The van der Waals surface area contributed by atoms with Crippen LogP contribution in [0.2, 0.25) is 5.02 Å². The third-order valence-electron chi connectivity index (χ3n) is 2.79. The molecular formula is C13H17ClFNO3. The van der Waals surface area contributed by atoms with Crippen molar-refractivity contribution in [1.29, 1.82) is 0 Å². The van der Waals surface area contributed by atoms with Crippen LogP contribution in [0.5, 0.6) is 5.75 Å². The van der Waals surface area contributed by atoms with E-state index in [-0.39, 0.29) is 36.1 Å². The molecule has 2 unspecified atom stereocenters. The van der Waals surface area contributed by atoms with Crippen molar-refractivity contribution in [3.8, 4) is 5.75 Å². The van der Waals surface area contributed by atoms with Gasteiger partial charge < -0.3 is 15.2 Å². The van der Waals surface area contributed by atoms with Crippen LogP contribution in [0.4, 0.5) is 4.39 Å². The summed E-state index contributed by atoms with van der Waals surface area (Å²) in [5, 5.41) is 11.6. The van der Waals surface area contributed by atoms with E-state index in [1.165, 1.54) is 18.2 Å². The van der Waals surface area contributed by atoms with Gasteiger partial charge in [0.2, 0.25) is 0 Å². The Labute approximate surface area is 116 Å². The standard InChI is InChI=1S/C13H17ClFNO3/c1-8(6-17)9(2)16-13(18)7-19-10-3-4-12(15)11(14)5-10/h3-5,8-9,17H,6-7H2,1-2H3,(H,16,18). The molecule has 0 saturated heterocycles. The molecule has 0 saturated carbocycles. The van der Waals surface area contributed by atoms with Gasteiger partial charge in [0.05, 0.1) is 5.02 Å². The first-order valence-corrected chi connectivity index (χ1v) is 6.30. The second kappa shape index (κ2) is 7.31. The van der Waals surface area contributed by atoms with Gasteiger partial charge in [-0.05, 0) is 25.0 Å². The number of aliphatic hydroxyl groups excluding tert-OH is 1. The van der Waals surface area contributed by atoms with E-state index in [1.54, 1.807) is 6.92 Å². The number of ether oxygens (including phenoxy) is 1. The smallest absolute Gasteiger partial charge is 0.258 e. The van der Waals surface area contributed by atoms with Gasteiger partial charge in [-0.1, -0.05) is 18.5 Å². The highest BCUT2D eigenvalue weighted by Gasteiger charge is 2.14. The Morgan fingerprint density at radius 2 is 2.21 bits per heavy atom. The molecular weight excluding hydrogens is 273 g/mol. The molecule has 0 aromatic heterocycles. The number of hydrogen-bond donors (Lipinski definition) is 2. The summed E-state index contributed by atoms with van der Waals surface area (Å²) in [5.74, 6) is -0.564. The fourth-order valence-electron chi connectivity index (χ4n) is 1.31. The number of halogens is 2. The average Bonchev–Trinajstić information content (AvgIpc) is 2.39. The van der Waals surface area contributed by atoms with E-state index in [0.717, 1.165) is 0 Å². The Morgan fingerprint density at radius 3 is 2.79 bits per heavy atom. The fraction of sp³-hybridized carbons (Fsp3) is 0.462. The van der Waals surface area contributed by atoms with E-state index in [1.807, 2.05) is 6.92 Å². The molecule has 1 aromatic rings. The quantitative estimate of drug-likeness (QED) is 0.842. The average molecular weight is 290 g/mol. The summed E-state index contributed by atoms with van der Waals surface area (Å²) < 4.78 is 18.1. The number of nitrogens with one attached hydrogen (secondary N) is 1. The molecule has 1 aromatic carbocycles. The zero-order valence-electron chi connectivity index (χ0n) is 10.8. The number of carbonyl (C=O) groups is 1. The highest BCUT2D eigenvalue weighted by atomic mass is 35.5. The van der Waals surface area contributed by atoms with Gasteiger partial charge in [0, 0.05) is 18.7 Å². The minimum absolute atomic E-state index is 0.00409. The maximum absolute atomic E-state index is 12.9. The van der Waals surface area contributed by atoms with E-state index in [0.29, 0.717) is 5.75 Å². The molecule has 6 heteroatoms. The lowest BCUT2D eigenvalue weighted by atomic mass is 10.1. The molecule has 0 radical (unpaired) electrons. The van der Waals surface area contributed by atoms with Crippen molar-refractivity contribution in [3.05, 3.63) is 29.0 Å². The van der Waals surface area contributed by atoms with Crippen molar-refractivity contribution >= 4 is 17.5 Å². The Bertz CT molecular complexity index is 442. The Balaban J connectivity index is 2.43. The molecule has 2 N–H and O–H groups in total. The van der Waals surface area contributed by atoms with Crippen LogP contribution in [-0.4, -0.2) is 30.3 Å². The van der Waals surface area contributed by atoms with E-state index in [9.17, 15) is 9.18 Å². The van der Waals surface area contributed by atoms with Crippen molar-refractivity contribution in [2.24, 2.45) is 5.92 Å². The molecule has 0 aliphatic heterocycles. The Kier molecular flexibility index (Phi) is 6.05. The zero-order valence-corrected chi connectivity index (χ0v) is 11.6. The molecule has 4 nitrogen and oxygen atoms in total. The SMILES string of the molecule is CC(CO)C(C)NC(=O)COc1ccc(F)c(Cl)c1. The lowest BCUT2D eigenvalue weighted by molar-refractivity contribution is -0.124. The van der Waals surface area contributed by atoms with Crippen LogP contribution in [0.15, 0.2) is 18.2 Å². The van der Waals surface area contributed by atoms with E-state index in [2.05, 4.69) is 5.32 Å².